The van der Waals surface area contributed by atoms with Crippen LogP contribution in [0.15, 0.2) is 42.5 Å². The van der Waals surface area contributed by atoms with Gasteiger partial charge in [0.15, 0.2) is 0 Å². The number of non-ortho nitro benzene ring substituents is 1. The molecule has 0 saturated carbocycles. The molecule has 0 aromatic heterocycles. The van der Waals surface area contributed by atoms with Gasteiger partial charge in [-0.05, 0) is 43.2 Å². The van der Waals surface area contributed by atoms with Crippen LogP contribution in [0.1, 0.15) is 27.0 Å². The Morgan fingerprint density at radius 2 is 1.81 bits per heavy atom. The number of nitro groups is 1. The van der Waals surface area contributed by atoms with Crippen LogP contribution in [0.5, 0.6) is 0 Å². The van der Waals surface area contributed by atoms with E-state index in [-0.39, 0.29) is 12.3 Å². The van der Waals surface area contributed by atoms with Gasteiger partial charge in [0, 0.05) is 12.1 Å². The number of carbonyl (C=O) groups excluding carboxylic acids is 1. The molecule has 0 atom stereocenters. The van der Waals surface area contributed by atoms with Gasteiger partial charge < -0.3 is 4.74 Å². The molecule has 5 heteroatoms. The summed E-state index contributed by atoms with van der Waals surface area (Å²) in [4.78, 5) is 22.1. The molecule has 0 bridgehead atoms. The molecule has 0 heterocycles. The van der Waals surface area contributed by atoms with Crippen molar-refractivity contribution in [1.82, 2.24) is 0 Å². The van der Waals surface area contributed by atoms with Crippen LogP contribution in [0.2, 0.25) is 0 Å². The second kappa shape index (κ2) is 6.17. The van der Waals surface area contributed by atoms with Crippen molar-refractivity contribution in [2.45, 2.75) is 20.5 Å². The van der Waals surface area contributed by atoms with E-state index in [1.807, 2.05) is 26.0 Å². The number of esters is 1. The summed E-state index contributed by atoms with van der Waals surface area (Å²) in [6.45, 7) is 3.90. The van der Waals surface area contributed by atoms with Crippen LogP contribution in [0.3, 0.4) is 0 Å². The van der Waals surface area contributed by atoms with Gasteiger partial charge in [0.05, 0.1) is 10.5 Å². The highest BCUT2D eigenvalue weighted by Gasteiger charge is 2.11. The summed E-state index contributed by atoms with van der Waals surface area (Å²) in [5.74, 6) is -0.397. The second-order valence-corrected chi connectivity index (χ2v) is 4.82. The molecule has 0 N–H and O–H groups in total. The molecule has 0 amide bonds. The number of hydrogen-bond acceptors (Lipinski definition) is 4. The van der Waals surface area contributed by atoms with Gasteiger partial charge in [0.1, 0.15) is 6.61 Å². The molecule has 0 aliphatic heterocycles. The molecule has 0 saturated heterocycles. The van der Waals surface area contributed by atoms with E-state index < -0.39 is 10.9 Å². The quantitative estimate of drug-likeness (QED) is 0.489. The van der Waals surface area contributed by atoms with Crippen molar-refractivity contribution in [2.75, 3.05) is 0 Å². The molecule has 0 spiro atoms. The smallest absolute Gasteiger partial charge is 0.338 e. The lowest BCUT2D eigenvalue weighted by molar-refractivity contribution is -0.384. The Labute approximate surface area is 122 Å². The minimum absolute atomic E-state index is 0.0134. The third-order valence-corrected chi connectivity index (χ3v) is 3.12. The molecule has 5 nitrogen and oxygen atoms in total. The summed E-state index contributed by atoms with van der Waals surface area (Å²) >= 11 is 0. The fraction of sp³-hybridized carbons (Fsp3) is 0.188. The Morgan fingerprint density at radius 3 is 2.38 bits per heavy atom. The predicted octanol–water partition coefficient (Wildman–Crippen LogP) is 3.57. The first-order valence-electron chi connectivity index (χ1n) is 6.45. The Balaban J connectivity index is 2.02. The van der Waals surface area contributed by atoms with Gasteiger partial charge in [-0.25, -0.2) is 4.79 Å². The Bertz CT molecular complexity index is 677. The topological polar surface area (TPSA) is 69.4 Å². The molecule has 0 aliphatic carbocycles. The molecule has 0 radical (unpaired) electrons. The highest BCUT2D eigenvalue weighted by atomic mass is 16.6. The van der Waals surface area contributed by atoms with E-state index in [1.165, 1.54) is 12.1 Å². The maximum Gasteiger partial charge on any atom is 0.338 e. The molecule has 0 fully saturated rings. The van der Waals surface area contributed by atoms with E-state index in [0.29, 0.717) is 11.1 Å². The first kappa shape index (κ1) is 14.7. The largest absolute Gasteiger partial charge is 0.457 e. The average molecular weight is 285 g/mol. The first-order valence-corrected chi connectivity index (χ1v) is 6.45. The Morgan fingerprint density at radius 1 is 1.14 bits per heavy atom. The molecule has 2 rings (SSSR count). The van der Waals surface area contributed by atoms with E-state index in [0.717, 1.165) is 11.1 Å². The van der Waals surface area contributed by atoms with Crippen molar-refractivity contribution in [3.05, 3.63) is 74.8 Å². The summed E-state index contributed by atoms with van der Waals surface area (Å²) in [6, 6.07) is 11.4. The first-order chi connectivity index (χ1) is 9.97. The molecular weight excluding hydrogens is 270 g/mol. The molecule has 108 valence electrons. The van der Waals surface area contributed by atoms with Gasteiger partial charge >= 0.3 is 5.97 Å². The Kier molecular flexibility index (Phi) is 4.33. The second-order valence-electron chi connectivity index (χ2n) is 4.82. The third-order valence-electron chi connectivity index (χ3n) is 3.12. The number of benzene rings is 2. The van der Waals surface area contributed by atoms with Crippen molar-refractivity contribution in [3.63, 3.8) is 0 Å². The van der Waals surface area contributed by atoms with Crippen LogP contribution in [0, 0.1) is 24.0 Å². The minimum atomic E-state index is -0.467. The fourth-order valence-electron chi connectivity index (χ4n) is 1.98. The summed E-state index contributed by atoms with van der Waals surface area (Å²) in [5, 5.41) is 10.5. The van der Waals surface area contributed by atoms with Gasteiger partial charge in [-0.15, -0.1) is 0 Å². The lowest BCUT2D eigenvalue weighted by atomic mass is 10.1. The van der Waals surface area contributed by atoms with Crippen LogP contribution >= 0.6 is 0 Å². The third kappa shape index (κ3) is 3.66. The highest BCUT2D eigenvalue weighted by Crippen LogP contribution is 2.15. The van der Waals surface area contributed by atoms with Crippen molar-refractivity contribution in [2.24, 2.45) is 0 Å². The van der Waals surface area contributed by atoms with Crippen LogP contribution in [-0.4, -0.2) is 10.9 Å². The van der Waals surface area contributed by atoms with Crippen molar-refractivity contribution in [3.8, 4) is 0 Å². The van der Waals surface area contributed by atoms with Crippen LogP contribution in [-0.2, 0) is 11.3 Å². The standard InChI is InChI=1S/C16H15NO4/c1-11-3-8-15(12(2)9-11)16(18)21-10-13-4-6-14(7-5-13)17(19)20/h3-9H,10H2,1-2H3. The monoisotopic (exact) mass is 285 g/mol. The molecule has 21 heavy (non-hydrogen) atoms. The zero-order valence-corrected chi connectivity index (χ0v) is 11.8. The SMILES string of the molecule is Cc1ccc(C(=O)OCc2ccc([N+](=O)[O-])cc2)c(C)c1. The zero-order chi connectivity index (χ0) is 15.4. The number of carbonyl (C=O) groups is 1. The van der Waals surface area contributed by atoms with E-state index in [9.17, 15) is 14.9 Å². The summed E-state index contributed by atoms with van der Waals surface area (Å²) in [7, 11) is 0. The highest BCUT2D eigenvalue weighted by molar-refractivity contribution is 5.91. The van der Waals surface area contributed by atoms with Crippen LogP contribution in [0.25, 0.3) is 0 Å². The maximum absolute atomic E-state index is 12.0. The number of nitro benzene ring substituents is 1. The van der Waals surface area contributed by atoms with Crippen LogP contribution in [0.4, 0.5) is 5.69 Å². The maximum atomic E-state index is 12.0. The number of rotatable bonds is 4. The van der Waals surface area contributed by atoms with Gasteiger partial charge in [0.2, 0.25) is 0 Å². The lowest BCUT2D eigenvalue weighted by Gasteiger charge is -2.08. The number of nitrogens with zero attached hydrogens (tertiary/aromatic N) is 1. The van der Waals surface area contributed by atoms with E-state index in [2.05, 4.69) is 0 Å². The van der Waals surface area contributed by atoms with Crippen LogP contribution < -0.4 is 0 Å². The van der Waals surface area contributed by atoms with E-state index >= 15 is 0 Å². The van der Waals surface area contributed by atoms with Crippen molar-refractivity contribution in [1.29, 1.82) is 0 Å². The van der Waals surface area contributed by atoms with E-state index in [4.69, 9.17) is 4.74 Å². The van der Waals surface area contributed by atoms with Gasteiger partial charge in [-0.1, -0.05) is 17.7 Å². The molecule has 0 aliphatic rings. The van der Waals surface area contributed by atoms with Gasteiger partial charge in [-0.2, -0.15) is 0 Å². The average Bonchev–Trinajstić information content (AvgIpc) is 2.45. The van der Waals surface area contributed by atoms with Crippen molar-refractivity contribution < 1.29 is 14.5 Å². The molecule has 0 unspecified atom stereocenters. The molecule has 2 aromatic rings. The van der Waals surface area contributed by atoms with E-state index in [1.54, 1.807) is 18.2 Å². The Hall–Kier alpha value is -2.69. The molecular formula is C16H15NO4. The summed E-state index contributed by atoms with van der Waals surface area (Å²) < 4.78 is 5.23. The number of aryl methyl sites for hydroxylation is 2. The fourth-order valence-corrected chi connectivity index (χ4v) is 1.98. The zero-order valence-electron chi connectivity index (χ0n) is 11.8. The molecule has 2 aromatic carbocycles. The van der Waals surface area contributed by atoms with Crippen molar-refractivity contribution >= 4 is 11.7 Å². The summed E-state index contributed by atoms with van der Waals surface area (Å²) in [5.41, 5.74) is 3.20. The number of hydrogen-bond donors (Lipinski definition) is 0. The number of ether oxygens (including phenoxy) is 1. The van der Waals surface area contributed by atoms with Gasteiger partial charge in [0.25, 0.3) is 5.69 Å². The normalized spacial score (nSPS) is 10.2. The minimum Gasteiger partial charge on any atom is -0.457 e. The van der Waals surface area contributed by atoms with Gasteiger partial charge in [-0.3, -0.25) is 10.1 Å². The predicted molar refractivity (Wildman–Crippen MR) is 78.1 cm³/mol. The summed E-state index contributed by atoms with van der Waals surface area (Å²) in [6.07, 6.45) is 0. The lowest BCUT2D eigenvalue weighted by Crippen LogP contribution is -2.07.